The summed E-state index contributed by atoms with van der Waals surface area (Å²) >= 11 is 0. The Morgan fingerprint density at radius 1 is 1.12 bits per heavy atom. The Labute approximate surface area is 193 Å². The second-order valence-electron chi connectivity index (χ2n) is 7.77. The predicted octanol–water partition coefficient (Wildman–Crippen LogP) is 3.59. The minimum Gasteiger partial charge on any atom is -0.457 e. The molecule has 0 atom stereocenters. The van der Waals surface area contributed by atoms with Crippen molar-refractivity contribution in [3.05, 3.63) is 77.6 Å². The summed E-state index contributed by atoms with van der Waals surface area (Å²) in [6.45, 7) is 0.842. The van der Waals surface area contributed by atoms with E-state index in [1.54, 1.807) is 41.3 Å². The van der Waals surface area contributed by atoms with Gasteiger partial charge in [0.2, 0.25) is 5.91 Å². The Morgan fingerprint density at radius 2 is 1.85 bits per heavy atom. The molecule has 0 radical (unpaired) electrons. The first-order valence-electron chi connectivity index (χ1n) is 10.4. The fourth-order valence-corrected chi connectivity index (χ4v) is 3.78. The summed E-state index contributed by atoms with van der Waals surface area (Å²) in [4.78, 5) is 28.9. The van der Waals surface area contributed by atoms with Crippen molar-refractivity contribution in [3.8, 4) is 22.6 Å². The summed E-state index contributed by atoms with van der Waals surface area (Å²) in [5.41, 5.74) is 6.02. The largest absolute Gasteiger partial charge is 0.457 e. The molecule has 0 spiro atoms. The number of alkyl halides is 3. The number of aromatic nitrogens is 1. The SMILES string of the molecule is NC(=O)c1ncccc1-c1ccc(Oc2ccc(C(F)(F)F)c(CN3CCNC(=O)C3)c2)cc1. The molecule has 2 heterocycles. The van der Waals surface area contributed by atoms with Gasteiger partial charge in [0.05, 0.1) is 12.1 Å². The summed E-state index contributed by atoms with van der Waals surface area (Å²) in [5.74, 6) is -0.243. The number of nitrogens with one attached hydrogen (secondary N) is 1. The molecule has 0 unspecified atom stereocenters. The third kappa shape index (κ3) is 5.34. The van der Waals surface area contributed by atoms with E-state index in [0.717, 1.165) is 6.07 Å². The molecule has 0 aliphatic carbocycles. The van der Waals surface area contributed by atoms with E-state index in [4.69, 9.17) is 10.5 Å². The van der Waals surface area contributed by atoms with E-state index in [-0.39, 0.29) is 36.0 Å². The average molecular weight is 470 g/mol. The molecule has 3 aromatic rings. The Balaban J connectivity index is 1.57. The van der Waals surface area contributed by atoms with Crippen molar-refractivity contribution in [1.29, 1.82) is 0 Å². The van der Waals surface area contributed by atoms with Gasteiger partial charge in [-0.05, 0) is 47.5 Å². The fourth-order valence-electron chi connectivity index (χ4n) is 3.78. The highest BCUT2D eigenvalue weighted by Crippen LogP contribution is 2.36. The molecule has 1 fully saturated rings. The number of nitrogens with two attached hydrogens (primary N) is 1. The highest BCUT2D eigenvalue weighted by atomic mass is 19.4. The Bertz CT molecular complexity index is 1210. The number of amides is 2. The van der Waals surface area contributed by atoms with E-state index < -0.39 is 17.6 Å². The number of nitrogens with zero attached hydrogens (tertiary/aromatic N) is 2. The molecule has 2 aromatic carbocycles. The smallest absolute Gasteiger partial charge is 0.416 e. The van der Waals surface area contributed by atoms with Crippen LogP contribution in [0.15, 0.2) is 60.8 Å². The number of rotatable bonds is 6. The van der Waals surface area contributed by atoms with Gasteiger partial charge in [0.25, 0.3) is 5.91 Å². The number of pyridine rings is 1. The van der Waals surface area contributed by atoms with Crippen LogP contribution in [0.4, 0.5) is 13.2 Å². The first-order chi connectivity index (χ1) is 16.2. The molecular formula is C24H21F3N4O3. The van der Waals surface area contributed by atoms with E-state index in [1.807, 2.05) is 0 Å². The summed E-state index contributed by atoms with van der Waals surface area (Å²) in [5, 5.41) is 2.66. The number of hydrogen-bond acceptors (Lipinski definition) is 5. The van der Waals surface area contributed by atoms with Crippen LogP contribution in [0.2, 0.25) is 0 Å². The minimum atomic E-state index is -4.53. The molecule has 1 aromatic heterocycles. The number of piperazine rings is 1. The Hall–Kier alpha value is -3.92. The lowest BCUT2D eigenvalue weighted by molar-refractivity contribution is -0.138. The van der Waals surface area contributed by atoms with Crippen LogP contribution < -0.4 is 15.8 Å². The van der Waals surface area contributed by atoms with Gasteiger partial charge in [-0.25, -0.2) is 0 Å². The first-order valence-corrected chi connectivity index (χ1v) is 10.4. The Morgan fingerprint density at radius 3 is 2.53 bits per heavy atom. The maximum atomic E-state index is 13.6. The minimum absolute atomic E-state index is 0.0257. The van der Waals surface area contributed by atoms with Gasteiger partial charge in [0, 0.05) is 31.4 Å². The molecule has 1 saturated heterocycles. The van der Waals surface area contributed by atoms with Crippen LogP contribution in [0.25, 0.3) is 11.1 Å². The van der Waals surface area contributed by atoms with E-state index in [2.05, 4.69) is 10.3 Å². The Kier molecular flexibility index (Phi) is 6.51. The molecule has 3 N–H and O–H groups in total. The van der Waals surface area contributed by atoms with Crippen LogP contribution in [0.1, 0.15) is 21.6 Å². The lowest BCUT2D eigenvalue weighted by Crippen LogP contribution is -2.47. The van der Waals surface area contributed by atoms with E-state index in [1.165, 1.54) is 18.3 Å². The number of benzene rings is 2. The second kappa shape index (κ2) is 9.52. The molecular weight excluding hydrogens is 449 g/mol. The van der Waals surface area contributed by atoms with E-state index in [9.17, 15) is 22.8 Å². The van der Waals surface area contributed by atoms with Crippen LogP contribution in [-0.4, -0.2) is 41.3 Å². The zero-order chi connectivity index (χ0) is 24.3. The molecule has 2 amide bonds. The van der Waals surface area contributed by atoms with Gasteiger partial charge >= 0.3 is 6.18 Å². The summed E-state index contributed by atoms with van der Waals surface area (Å²) in [6.07, 6.45) is -3.06. The summed E-state index contributed by atoms with van der Waals surface area (Å²) in [7, 11) is 0. The van der Waals surface area contributed by atoms with E-state index >= 15 is 0 Å². The average Bonchev–Trinajstić information content (AvgIpc) is 2.79. The zero-order valence-corrected chi connectivity index (χ0v) is 17.9. The number of primary amides is 1. The standard InChI is InChI=1S/C24H21F3N4O3/c25-24(26,27)20-8-7-18(12-16(20)13-31-11-10-29-21(32)14-31)34-17-5-3-15(4-6-17)19-2-1-9-30-22(19)23(28)33/h1-9,12H,10-11,13-14H2,(H2,28,33)(H,29,32). The maximum absolute atomic E-state index is 13.6. The van der Waals surface area contributed by atoms with Gasteiger partial charge in [-0.15, -0.1) is 0 Å². The molecule has 0 saturated carbocycles. The topological polar surface area (TPSA) is 97.6 Å². The van der Waals surface area contributed by atoms with Crippen LogP contribution in [0.3, 0.4) is 0 Å². The number of hydrogen-bond donors (Lipinski definition) is 2. The van der Waals surface area contributed by atoms with Gasteiger partial charge in [0.15, 0.2) is 0 Å². The third-order valence-corrected chi connectivity index (χ3v) is 5.34. The van der Waals surface area contributed by atoms with Gasteiger partial charge in [0.1, 0.15) is 17.2 Å². The van der Waals surface area contributed by atoms with Crippen molar-refractivity contribution in [3.63, 3.8) is 0 Å². The van der Waals surface area contributed by atoms with Crippen LogP contribution in [-0.2, 0) is 17.5 Å². The number of carbonyl (C=O) groups is 2. The van der Waals surface area contributed by atoms with Crippen molar-refractivity contribution < 1.29 is 27.5 Å². The first kappa shape index (κ1) is 23.2. The summed E-state index contributed by atoms with van der Waals surface area (Å²) < 4.78 is 46.5. The molecule has 34 heavy (non-hydrogen) atoms. The molecule has 7 nitrogen and oxygen atoms in total. The van der Waals surface area contributed by atoms with Crippen LogP contribution in [0, 0.1) is 0 Å². The molecule has 0 bridgehead atoms. The third-order valence-electron chi connectivity index (χ3n) is 5.34. The lowest BCUT2D eigenvalue weighted by Gasteiger charge is -2.27. The molecule has 10 heteroatoms. The van der Waals surface area contributed by atoms with Crippen molar-refractivity contribution in [1.82, 2.24) is 15.2 Å². The van der Waals surface area contributed by atoms with Gasteiger partial charge in [-0.3, -0.25) is 19.5 Å². The predicted molar refractivity (Wildman–Crippen MR) is 118 cm³/mol. The van der Waals surface area contributed by atoms with Gasteiger partial charge < -0.3 is 15.8 Å². The molecule has 4 rings (SSSR count). The van der Waals surface area contributed by atoms with Crippen LogP contribution >= 0.6 is 0 Å². The van der Waals surface area contributed by atoms with Crippen molar-refractivity contribution in [2.75, 3.05) is 19.6 Å². The monoisotopic (exact) mass is 470 g/mol. The number of halogens is 3. The highest BCUT2D eigenvalue weighted by molar-refractivity contribution is 5.97. The van der Waals surface area contributed by atoms with Gasteiger partial charge in [-0.1, -0.05) is 18.2 Å². The van der Waals surface area contributed by atoms with Gasteiger partial charge in [-0.2, -0.15) is 13.2 Å². The lowest BCUT2D eigenvalue weighted by atomic mass is 10.0. The highest BCUT2D eigenvalue weighted by Gasteiger charge is 2.34. The van der Waals surface area contributed by atoms with Crippen molar-refractivity contribution >= 4 is 11.8 Å². The van der Waals surface area contributed by atoms with E-state index in [0.29, 0.717) is 30.0 Å². The molecule has 1 aliphatic heterocycles. The van der Waals surface area contributed by atoms with Crippen LogP contribution in [0.5, 0.6) is 11.5 Å². The number of carbonyl (C=O) groups excluding carboxylic acids is 2. The quantitative estimate of drug-likeness (QED) is 0.574. The second-order valence-corrected chi connectivity index (χ2v) is 7.77. The summed E-state index contributed by atoms with van der Waals surface area (Å²) in [6, 6.07) is 13.7. The molecule has 176 valence electrons. The normalized spacial score (nSPS) is 14.5. The van der Waals surface area contributed by atoms with Crippen molar-refractivity contribution in [2.24, 2.45) is 5.73 Å². The van der Waals surface area contributed by atoms with Crippen molar-refractivity contribution in [2.45, 2.75) is 12.7 Å². The molecule has 1 aliphatic rings. The maximum Gasteiger partial charge on any atom is 0.416 e. The number of ether oxygens (including phenoxy) is 1. The zero-order valence-electron chi connectivity index (χ0n) is 17.9. The fraction of sp³-hybridized carbons (Fsp3) is 0.208.